The molecule has 0 radical (unpaired) electrons. The van der Waals surface area contributed by atoms with E-state index in [1.54, 1.807) is 6.07 Å². The van der Waals surface area contributed by atoms with E-state index < -0.39 is 22.0 Å². The smallest absolute Gasteiger partial charge is 0.243 e. The zero-order valence-corrected chi connectivity index (χ0v) is 17.5. The van der Waals surface area contributed by atoms with Crippen LogP contribution in [-0.4, -0.2) is 46.9 Å². The fourth-order valence-corrected chi connectivity index (χ4v) is 4.03. The fraction of sp³-hybridized carbons (Fsp3) is 0.316. The van der Waals surface area contributed by atoms with Gasteiger partial charge in [0.1, 0.15) is 24.1 Å². The Morgan fingerprint density at radius 2 is 1.89 bits per heavy atom. The summed E-state index contributed by atoms with van der Waals surface area (Å²) >= 11 is 6.10. The first kappa shape index (κ1) is 21.8. The molecule has 152 valence electrons. The van der Waals surface area contributed by atoms with E-state index in [1.165, 1.54) is 26.2 Å². The van der Waals surface area contributed by atoms with Gasteiger partial charge in [-0.2, -0.15) is 0 Å². The number of nitrogens with one attached hydrogen (secondary N) is 1. The van der Waals surface area contributed by atoms with Gasteiger partial charge in [-0.3, -0.25) is 9.10 Å². The van der Waals surface area contributed by atoms with E-state index in [-0.39, 0.29) is 23.9 Å². The molecule has 0 unspecified atom stereocenters. The van der Waals surface area contributed by atoms with Gasteiger partial charge < -0.3 is 14.8 Å². The van der Waals surface area contributed by atoms with Crippen molar-refractivity contribution in [3.63, 3.8) is 0 Å². The van der Waals surface area contributed by atoms with Crippen LogP contribution >= 0.6 is 11.6 Å². The molecular formula is C19H23ClN2O5S. The maximum Gasteiger partial charge on any atom is 0.243 e. The Morgan fingerprint density at radius 3 is 2.46 bits per heavy atom. The van der Waals surface area contributed by atoms with E-state index in [2.05, 4.69) is 5.32 Å². The largest absolute Gasteiger partial charge is 0.495 e. The number of amides is 1. The Kier molecular flexibility index (Phi) is 7.53. The van der Waals surface area contributed by atoms with E-state index in [4.69, 9.17) is 21.1 Å². The number of halogens is 1. The molecule has 0 fully saturated rings. The minimum Gasteiger partial charge on any atom is -0.495 e. The summed E-state index contributed by atoms with van der Waals surface area (Å²) in [5, 5.41) is 2.93. The highest BCUT2D eigenvalue weighted by Gasteiger charge is 2.29. The highest BCUT2D eigenvalue weighted by atomic mass is 35.5. The molecule has 1 atom stereocenters. The summed E-state index contributed by atoms with van der Waals surface area (Å²) in [4.78, 5) is 12.5. The third-order valence-corrected chi connectivity index (χ3v) is 5.43. The average molecular weight is 427 g/mol. The lowest BCUT2D eigenvalue weighted by Crippen LogP contribution is -2.48. The molecule has 0 saturated carbocycles. The van der Waals surface area contributed by atoms with Gasteiger partial charge in [0.25, 0.3) is 0 Å². The molecule has 0 spiro atoms. The predicted molar refractivity (Wildman–Crippen MR) is 110 cm³/mol. The number of para-hydroxylation sites is 1. The zero-order valence-electron chi connectivity index (χ0n) is 15.9. The van der Waals surface area contributed by atoms with Crippen LogP contribution in [0.1, 0.15) is 6.92 Å². The van der Waals surface area contributed by atoms with Crippen molar-refractivity contribution in [1.29, 1.82) is 0 Å². The minimum atomic E-state index is -3.73. The van der Waals surface area contributed by atoms with Crippen LogP contribution in [0.3, 0.4) is 0 Å². The van der Waals surface area contributed by atoms with Gasteiger partial charge in [-0.05, 0) is 37.3 Å². The van der Waals surface area contributed by atoms with Crippen LogP contribution in [0.25, 0.3) is 0 Å². The van der Waals surface area contributed by atoms with Crippen molar-refractivity contribution in [2.45, 2.75) is 13.0 Å². The Morgan fingerprint density at radius 1 is 1.21 bits per heavy atom. The number of nitrogens with zero attached hydrogens (tertiary/aromatic N) is 1. The molecule has 0 bridgehead atoms. The normalized spacial score (nSPS) is 12.1. The average Bonchev–Trinajstić information content (AvgIpc) is 2.65. The summed E-state index contributed by atoms with van der Waals surface area (Å²) in [5.74, 6) is 0.651. The van der Waals surface area contributed by atoms with Gasteiger partial charge >= 0.3 is 0 Å². The van der Waals surface area contributed by atoms with Gasteiger partial charge in [0.05, 0.1) is 30.6 Å². The molecule has 7 nitrogen and oxygen atoms in total. The summed E-state index contributed by atoms with van der Waals surface area (Å²) < 4.78 is 36.2. The standard InChI is InChI=1S/C19H23ClN2O5S/c1-14(19(23)21-11-12-27-16-7-5-4-6-8-16)22(28(3,24)25)15-9-10-18(26-2)17(20)13-15/h4-10,13-14H,11-12H2,1-3H3,(H,21,23)/t14-/m1/s1. The lowest BCUT2D eigenvalue weighted by atomic mass is 10.2. The van der Waals surface area contributed by atoms with Crippen LogP contribution in [0.5, 0.6) is 11.5 Å². The number of benzene rings is 2. The molecule has 0 saturated heterocycles. The van der Waals surface area contributed by atoms with Crippen LogP contribution in [0.2, 0.25) is 5.02 Å². The number of rotatable bonds is 9. The van der Waals surface area contributed by atoms with E-state index >= 15 is 0 Å². The Balaban J connectivity index is 2.05. The van der Waals surface area contributed by atoms with E-state index in [9.17, 15) is 13.2 Å². The van der Waals surface area contributed by atoms with E-state index in [0.29, 0.717) is 11.5 Å². The third-order valence-electron chi connectivity index (χ3n) is 3.89. The molecule has 28 heavy (non-hydrogen) atoms. The second-order valence-corrected chi connectivity index (χ2v) is 8.27. The van der Waals surface area contributed by atoms with Crippen molar-refractivity contribution in [2.75, 3.05) is 30.8 Å². The maximum absolute atomic E-state index is 12.5. The molecule has 1 N–H and O–H groups in total. The van der Waals surface area contributed by atoms with Gasteiger partial charge in [0.15, 0.2) is 0 Å². The Labute approximate surface area is 170 Å². The third kappa shape index (κ3) is 5.77. The monoisotopic (exact) mass is 426 g/mol. The van der Waals surface area contributed by atoms with Crippen molar-refractivity contribution < 1.29 is 22.7 Å². The van der Waals surface area contributed by atoms with Crippen LogP contribution in [0, 0.1) is 0 Å². The zero-order chi connectivity index (χ0) is 20.7. The van der Waals surface area contributed by atoms with E-state index in [0.717, 1.165) is 10.6 Å². The summed E-state index contributed by atoms with van der Waals surface area (Å²) in [6.45, 7) is 2.00. The molecule has 0 aliphatic rings. The number of carbonyl (C=O) groups excluding carboxylic acids is 1. The second kappa shape index (κ2) is 9.66. The van der Waals surface area contributed by atoms with Crippen molar-refractivity contribution in [3.8, 4) is 11.5 Å². The first-order valence-corrected chi connectivity index (χ1v) is 10.7. The highest BCUT2D eigenvalue weighted by molar-refractivity contribution is 7.92. The number of ether oxygens (including phenoxy) is 2. The first-order valence-electron chi connectivity index (χ1n) is 8.52. The molecule has 2 rings (SSSR count). The topological polar surface area (TPSA) is 84.9 Å². The molecule has 0 aromatic heterocycles. The van der Waals surface area contributed by atoms with Crippen molar-refractivity contribution >= 4 is 33.2 Å². The highest BCUT2D eigenvalue weighted by Crippen LogP contribution is 2.31. The van der Waals surface area contributed by atoms with Crippen LogP contribution < -0.4 is 19.1 Å². The maximum atomic E-state index is 12.5. The minimum absolute atomic E-state index is 0.235. The predicted octanol–water partition coefficient (Wildman–Crippen LogP) is 2.70. The molecule has 0 aliphatic carbocycles. The summed E-state index contributed by atoms with van der Waals surface area (Å²) in [7, 11) is -2.27. The summed E-state index contributed by atoms with van der Waals surface area (Å²) in [5.41, 5.74) is 0.275. The number of sulfonamides is 1. The quantitative estimate of drug-likeness (QED) is 0.623. The van der Waals surface area contributed by atoms with Gasteiger partial charge in [0, 0.05) is 0 Å². The summed E-state index contributed by atoms with van der Waals surface area (Å²) in [6.07, 6.45) is 1.04. The van der Waals surface area contributed by atoms with Crippen LogP contribution in [0.15, 0.2) is 48.5 Å². The molecule has 2 aromatic rings. The molecule has 0 heterocycles. The lowest BCUT2D eigenvalue weighted by Gasteiger charge is -2.28. The van der Waals surface area contributed by atoms with Crippen molar-refractivity contribution in [3.05, 3.63) is 53.6 Å². The number of hydrogen-bond acceptors (Lipinski definition) is 5. The second-order valence-electron chi connectivity index (χ2n) is 6.01. The number of carbonyl (C=O) groups is 1. The molecule has 0 aliphatic heterocycles. The molecule has 1 amide bonds. The van der Waals surface area contributed by atoms with Crippen LogP contribution in [0.4, 0.5) is 5.69 Å². The van der Waals surface area contributed by atoms with Gasteiger partial charge in [0.2, 0.25) is 15.9 Å². The van der Waals surface area contributed by atoms with Gasteiger partial charge in [-0.1, -0.05) is 29.8 Å². The van der Waals surface area contributed by atoms with Gasteiger partial charge in [-0.15, -0.1) is 0 Å². The Bertz CT molecular complexity index is 906. The number of hydrogen-bond donors (Lipinski definition) is 1. The summed E-state index contributed by atoms with van der Waals surface area (Å²) in [6, 6.07) is 12.7. The van der Waals surface area contributed by atoms with Crippen molar-refractivity contribution in [1.82, 2.24) is 5.32 Å². The molecule has 9 heteroatoms. The van der Waals surface area contributed by atoms with Gasteiger partial charge in [-0.25, -0.2) is 8.42 Å². The Hall–Kier alpha value is -2.45. The number of anilines is 1. The SMILES string of the molecule is COc1ccc(N([C@H](C)C(=O)NCCOc2ccccc2)S(C)(=O)=O)cc1Cl. The molecular weight excluding hydrogens is 404 g/mol. The lowest BCUT2D eigenvalue weighted by molar-refractivity contribution is -0.121. The van der Waals surface area contributed by atoms with Crippen molar-refractivity contribution in [2.24, 2.45) is 0 Å². The fourth-order valence-electron chi connectivity index (χ4n) is 2.61. The first-order chi connectivity index (χ1) is 13.2. The molecule has 2 aromatic carbocycles. The van der Waals surface area contributed by atoms with Crippen LogP contribution in [-0.2, 0) is 14.8 Å². The number of methoxy groups -OCH3 is 1. The van der Waals surface area contributed by atoms with E-state index in [1.807, 2.05) is 30.3 Å².